The van der Waals surface area contributed by atoms with Crippen molar-refractivity contribution in [3.63, 3.8) is 0 Å². The number of imidazole rings is 1. The quantitative estimate of drug-likeness (QED) is 0.145. The molecule has 4 aromatic rings. The molecule has 3 heterocycles. The number of nitrogens with zero attached hydrogens (tertiary/aromatic N) is 4. The first kappa shape index (κ1) is 30.7. The predicted octanol–water partition coefficient (Wildman–Crippen LogP) is 2.04. The highest BCUT2D eigenvalue weighted by molar-refractivity contribution is 7.99. The SMILES string of the molecule is CC(=O)NCCSC[C@H]1O[C@@H](n2cnc3c(NCc4ccc(NS(=O)(=O)c5ccc(C)cc5)cc4)ncnc32)[C@H](O)[C@@H]1O. The van der Waals surface area contributed by atoms with Crippen molar-refractivity contribution in [2.24, 2.45) is 0 Å². The van der Waals surface area contributed by atoms with Gasteiger partial charge in [-0.15, -0.1) is 0 Å². The number of rotatable bonds is 12. The summed E-state index contributed by atoms with van der Waals surface area (Å²) in [4.78, 5) is 24.3. The molecule has 15 heteroatoms. The third-order valence-corrected chi connectivity index (χ3v) is 9.32. The summed E-state index contributed by atoms with van der Waals surface area (Å²) in [7, 11) is -3.70. The normalized spacial score (nSPS) is 20.3. The summed E-state index contributed by atoms with van der Waals surface area (Å²) in [6, 6.07) is 13.6. The lowest BCUT2D eigenvalue weighted by Gasteiger charge is -2.16. The van der Waals surface area contributed by atoms with Crippen LogP contribution in [-0.4, -0.2) is 80.4 Å². The standard InChI is InChI=1S/C28H33N7O6S2/c1-17-3-9-21(10-4-17)43(39,40)34-20-7-5-19(6-8-20)13-30-26-23-27(32-15-31-26)35(16-33-23)28-25(38)24(37)22(41-28)14-42-12-11-29-18(2)36/h3-10,15-16,22,24-25,28,34,37-38H,11-14H2,1-2H3,(H,29,36)(H,30,31,32)/t22-,24-,25-,28-/m1/s1. The Kier molecular flexibility index (Phi) is 9.46. The molecule has 43 heavy (non-hydrogen) atoms. The molecule has 4 atom stereocenters. The van der Waals surface area contributed by atoms with Crippen molar-refractivity contribution in [3.05, 3.63) is 72.3 Å². The second-order valence-electron chi connectivity index (χ2n) is 10.1. The van der Waals surface area contributed by atoms with E-state index in [2.05, 4.69) is 30.3 Å². The summed E-state index contributed by atoms with van der Waals surface area (Å²) in [5.74, 6) is 1.45. The lowest BCUT2D eigenvalue weighted by atomic mass is 10.1. The van der Waals surface area contributed by atoms with E-state index in [0.29, 0.717) is 47.3 Å². The summed E-state index contributed by atoms with van der Waals surface area (Å²) in [6.07, 6.45) is -0.916. The third kappa shape index (κ3) is 7.25. The number of amides is 1. The van der Waals surface area contributed by atoms with Crippen molar-refractivity contribution in [2.75, 3.05) is 28.1 Å². The van der Waals surface area contributed by atoms with E-state index in [1.54, 1.807) is 53.1 Å². The number of thioether (sulfide) groups is 1. The first-order chi connectivity index (χ1) is 20.6. The van der Waals surface area contributed by atoms with Gasteiger partial charge in [-0.25, -0.2) is 23.4 Å². The first-order valence-corrected chi connectivity index (χ1v) is 16.2. The van der Waals surface area contributed by atoms with Gasteiger partial charge in [-0.2, -0.15) is 11.8 Å². The van der Waals surface area contributed by atoms with E-state index in [0.717, 1.165) is 11.1 Å². The molecule has 0 aliphatic carbocycles. The van der Waals surface area contributed by atoms with Gasteiger partial charge in [-0.1, -0.05) is 29.8 Å². The summed E-state index contributed by atoms with van der Waals surface area (Å²) in [5, 5.41) is 27.3. The highest BCUT2D eigenvalue weighted by Gasteiger charge is 2.44. The molecule has 1 amide bonds. The Labute approximate surface area is 253 Å². The van der Waals surface area contributed by atoms with Crippen LogP contribution < -0.4 is 15.4 Å². The van der Waals surface area contributed by atoms with Crippen molar-refractivity contribution < 1.29 is 28.2 Å². The third-order valence-electron chi connectivity index (χ3n) is 6.87. The van der Waals surface area contributed by atoms with Crippen LogP contribution in [-0.2, 0) is 26.1 Å². The number of aromatic nitrogens is 4. The van der Waals surface area contributed by atoms with E-state index in [1.807, 2.05) is 6.92 Å². The van der Waals surface area contributed by atoms with Gasteiger partial charge in [0.1, 0.15) is 18.5 Å². The number of aliphatic hydroxyl groups excluding tert-OH is 2. The molecule has 0 saturated carbocycles. The average molecular weight is 628 g/mol. The van der Waals surface area contributed by atoms with E-state index in [4.69, 9.17) is 4.74 Å². The summed E-state index contributed by atoms with van der Waals surface area (Å²) < 4.78 is 35.5. The Bertz CT molecular complexity index is 1670. The predicted molar refractivity (Wildman–Crippen MR) is 163 cm³/mol. The Morgan fingerprint density at radius 1 is 1.05 bits per heavy atom. The number of fused-ring (bicyclic) bond motifs is 1. The van der Waals surface area contributed by atoms with Crippen molar-refractivity contribution in [2.45, 2.75) is 49.8 Å². The van der Waals surface area contributed by atoms with Crippen LogP contribution in [0, 0.1) is 6.92 Å². The first-order valence-electron chi connectivity index (χ1n) is 13.6. The highest BCUT2D eigenvalue weighted by atomic mass is 32.2. The van der Waals surface area contributed by atoms with Crippen LogP contribution in [0.3, 0.4) is 0 Å². The van der Waals surface area contributed by atoms with E-state index < -0.39 is 34.6 Å². The van der Waals surface area contributed by atoms with Gasteiger partial charge < -0.3 is 25.6 Å². The molecule has 13 nitrogen and oxygen atoms in total. The Balaban J connectivity index is 1.21. The molecule has 1 saturated heterocycles. The maximum atomic E-state index is 12.7. The van der Waals surface area contributed by atoms with Crippen LogP contribution in [0.5, 0.6) is 0 Å². The van der Waals surface area contributed by atoms with Gasteiger partial charge in [0.15, 0.2) is 23.2 Å². The molecule has 0 spiro atoms. The minimum Gasteiger partial charge on any atom is -0.387 e. The van der Waals surface area contributed by atoms with Crippen LogP contribution in [0.4, 0.5) is 11.5 Å². The van der Waals surface area contributed by atoms with Crippen LogP contribution in [0.25, 0.3) is 11.2 Å². The molecule has 0 bridgehead atoms. The van der Waals surface area contributed by atoms with Gasteiger partial charge in [0.25, 0.3) is 10.0 Å². The molecule has 1 fully saturated rings. The molecule has 0 radical (unpaired) electrons. The largest absolute Gasteiger partial charge is 0.387 e. The monoisotopic (exact) mass is 627 g/mol. The summed E-state index contributed by atoms with van der Waals surface area (Å²) in [6.45, 7) is 4.23. The van der Waals surface area contributed by atoms with Gasteiger partial charge in [0, 0.05) is 37.2 Å². The van der Waals surface area contributed by atoms with Gasteiger partial charge in [-0.3, -0.25) is 14.1 Å². The number of ether oxygens (including phenoxy) is 1. The van der Waals surface area contributed by atoms with Crippen molar-refractivity contribution >= 4 is 50.4 Å². The lowest BCUT2D eigenvalue weighted by molar-refractivity contribution is -0.118. The summed E-state index contributed by atoms with van der Waals surface area (Å²) >= 11 is 1.51. The smallest absolute Gasteiger partial charge is 0.261 e. The lowest BCUT2D eigenvalue weighted by Crippen LogP contribution is -2.33. The van der Waals surface area contributed by atoms with E-state index in [-0.39, 0.29) is 10.8 Å². The Morgan fingerprint density at radius 3 is 2.51 bits per heavy atom. The molecule has 5 rings (SSSR count). The van der Waals surface area contributed by atoms with E-state index in [9.17, 15) is 23.4 Å². The van der Waals surface area contributed by atoms with Crippen LogP contribution >= 0.6 is 11.8 Å². The van der Waals surface area contributed by atoms with Gasteiger partial charge in [0.05, 0.1) is 17.3 Å². The number of benzene rings is 2. The van der Waals surface area contributed by atoms with Crippen LogP contribution in [0.15, 0.2) is 66.1 Å². The molecule has 5 N–H and O–H groups in total. The van der Waals surface area contributed by atoms with Crippen molar-refractivity contribution in [1.29, 1.82) is 0 Å². The van der Waals surface area contributed by atoms with E-state index in [1.165, 1.54) is 31.3 Å². The van der Waals surface area contributed by atoms with Gasteiger partial charge in [0.2, 0.25) is 5.91 Å². The summed E-state index contributed by atoms with van der Waals surface area (Å²) in [5.41, 5.74) is 3.18. The molecule has 0 unspecified atom stereocenters. The molecule has 1 aliphatic rings. The number of hydrogen-bond acceptors (Lipinski definition) is 11. The van der Waals surface area contributed by atoms with Gasteiger partial charge >= 0.3 is 0 Å². The molecule has 228 valence electrons. The maximum absolute atomic E-state index is 12.7. The molecule has 2 aromatic heterocycles. The fourth-order valence-electron chi connectivity index (χ4n) is 4.57. The zero-order valence-electron chi connectivity index (χ0n) is 23.5. The minimum atomic E-state index is -3.70. The van der Waals surface area contributed by atoms with Crippen molar-refractivity contribution in [3.8, 4) is 0 Å². The number of aryl methyl sites for hydroxylation is 1. The fraction of sp³-hybridized carbons (Fsp3) is 0.357. The number of sulfonamides is 1. The number of nitrogens with one attached hydrogen (secondary N) is 3. The molecular weight excluding hydrogens is 594 g/mol. The fourth-order valence-corrected chi connectivity index (χ4v) is 6.55. The van der Waals surface area contributed by atoms with Crippen LogP contribution in [0.2, 0.25) is 0 Å². The molecule has 2 aromatic carbocycles. The number of carbonyl (C=O) groups is 1. The maximum Gasteiger partial charge on any atom is 0.261 e. The zero-order chi connectivity index (χ0) is 30.6. The molecule has 1 aliphatic heterocycles. The Morgan fingerprint density at radius 2 is 1.79 bits per heavy atom. The zero-order valence-corrected chi connectivity index (χ0v) is 25.2. The number of hydrogen-bond donors (Lipinski definition) is 5. The second kappa shape index (κ2) is 13.3. The topological polar surface area (TPSA) is 181 Å². The number of aliphatic hydroxyl groups is 2. The second-order valence-corrected chi connectivity index (χ2v) is 13.0. The van der Waals surface area contributed by atoms with Gasteiger partial charge in [-0.05, 0) is 36.8 Å². The highest BCUT2D eigenvalue weighted by Crippen LogP contribution is 2.33. The Hall–Kier alpha value is -3.76. The molecular formula is C28H33N7O6S2. The van der Waals surface area contributed by atoms with Crippen LogP contribution in [0.1, 0.15) is 24.3 Å². The number of anilines is 2. The minimum absolute atomic E-state index is 0.103. The van der Waals surface area contributed by atoms with E-state index >= 15 is 0 Å². The van der Waals surface area contributed by atoms with Crippen molar-refractivity contribution in [1.82, 2.24) is 24.8 Å². The average Bonchev–Trinajstić information content (AvgIpc) is 3.53. The number of carbonyl (C=O) groups excluding carboxylic acids is 1.